The van der Waals surface area contributed by atoms with E-state index in [0.717, 1.165) is 0 Å². The van der Waals surface area contributed by atoms with Crippen molar-refractivity contribution < 1.29 is 9.13 Å². The summed E-state index contributed by atoms with van der Waals surface area (Å²) in [4.78, 5) is 10.0. The Morgan fingerprint density at radius 2 is 2.47 bits per heavy atom. The van der Waals surface area contributed by atoms with Gasteiger partial charge in [-0.3, -0.25) is 0 Å². The van der Waals surface area contributed by atoms with E-state index < -0.39 is 0 Å². The Hall–Kier alpha value is -1.43. The van der Waals surface area contributed by atoms with Crippen molar-refractivity contribution in [3.8, 4) is 0 Å². The summed E-state index contributed by atoms with van der Waals surface area (Å²) in [7, 11) is 0. The normalized spacial score (nSPS) is 20.4. The molecule has 6 heteroatoms. The topological polar surface area (TPSA) is 50.3 Å². The summed E-state index contributed by atoms with van der Waals surface area (Å²) in [5.74, 6) is 0.426. The summed E-state index contributed by atoms with van der Waals surface area (Å²) >= 11 is 0. The summed E-state index contributed by atoms with van der Waals surface area (Å²) in [5.41, 5.74) is 0. The van der Waals surface area contributed by atoms with Gasteiger partial charge in [0, 0.05) is 13.1 Å². The summed E-state index contributed by atoms with van der Waals surface area (Å²) < 4.78 is 19.1. The predicted molar refractivity (Wildman–Crippen MR) is 63.8 cm³/mol. The van der Waals surface area contributed by atoms with Gasteiger partial charge in [-0.1, -0.05) is 0 Å². The molecule has 1 N–H and O–H groups in total. The van der Waals surface area contributed by atoms with E-state index in [2.05, 4.69) is 15.3 Å². The van der Waals surface area contributed by atoms with Crippen LogP contribution in [0.5, 0.6) is 0 Å². The average Bonchev–Trinajstić information content (AvgIpc) is 2.33. The van der Waals surface area contributed by atoms with E-state index in [1.54, 1.807) is 0 Å². The fourth-order valence-electron chi connectivity index (χ4n) is 1.84. The number of halogens is 1. The van der Waals surface area contributed by atoms with Crippen LogP contribution in [0.2, 0.25) is 0 Å². The molecular weight excluding hydrogens is 223 g/mol. The van der Waals surface area contributed by atoms with Crippen molar-refractivity contribution in [3.05, 3.63) is 12.0 Å². The smallest absolute Gasteiger partial charge is 0.224 e. The van der Waals surface area contributed by atoms with Crippen molar-refractivity contribution in [2.45, 2.75) is 19.9 Å². The number of hydrogen-bond acceptors (Lipinski definition) is 5. The van der Waals surface area contributed by atoms with Crippen molar-refractivity contribution in [2.24, 2.45) is 0 Å². The molecule has 1 unspecified atom stereocenters. The van der Waals surface area contributed by atoms with Crippen LogP contribution in [0.3, 0.4) is 0 Å². The Labute approximate surface area is 100 Å². The molecule has 0 spiro atoms. The first-order chi connectivity index (χ1) is 8.22. The van der Waals surface area contributed by atoms with E-state index in [-0.39, 0.29) is 11.9 Å². The van der Waals surface area contributed by atoms with E-state index in [9.17, 15) is 4.39 Å². The molecule has 0 saturated carbocycles. The zero-order valence-corrected chi connectivity index (χ0v) is 10.1. The third-order valence-electron chi connectivity index (χ3n) is 2.70. The largest absolute Gasteiger partial charge is 0.377 e. The molecule has 0 aliphatic carbocycles. The maximum atomic E-state index is 13.7. The van der Waals surface area contributed by atoms with Crippen molar-refractivity contribution in [2.75, 3.05) is 36.5 Å². The first-order valence-electron chi connectivity index (χ1n) is 5.83. The van der Waals surface area contributed by atoms with Gasteiger partial charge in [0.15, 0.2) is 11.6 Å². The standard InChI is InChI=1S/C11H17FN4O/c1-3-13-11-14-6-9(12)10(15-11)16-4-5-17-7-8(16)2/h6,8H,3-5,7H2,1-2H3,(H,13,14,15). The Morgan fingerprint density at radius 1 is 1.65 bits per heavy atom. The lowest BCUT2D eigenvalue weighted by Gasteiger charge is -2.34. The SMILES string of the molecule is CCNc1ncc(F)c(N2CCOCC2C)n1. The number of anilines is 2. The van der Waals surface area contributed by atoms with Crippen LogP contribution in [-0.4, -0.2) is 42.3 Å². The first kappa shape index (κ1) is 12.0. The van der Waals surface area contributed by atoms with Crippen molar-refractivity contribution >= 4 is 11.8 Å². The van der Waals surface area contributed by atoms with Crippen molar-refractivity contribution in [1.29, 1.82) is 0 Å². The van der Waals surface area contributed by atoms with Gasteiger partial charge in [0.05, 0.1) is 25.5 Å². The minimum atomic E-state index is -0.389. The van der Waals surface area contributed by atoms with Crippen molar-refractivity contribution in [1.82, 2.24) is 9.97 Å². The van der Waals surface area contributed by atoms with Gasteiger partial charge in [-0.15, -0.1) is 0 Å². The second-order valence-electron chi connectivity index (χ2n) is 4.01. The number of morpholine rings is 1. The quantitative estimate of drug-likeness (QED) is 0.862. The second kappa shape index (κ2) is 5.27. The van der Waals surface area contributed by atoms with Crippen LogP contribution >= 0.6 is 0 Å². The molecule has 1 fully saturated rings. The second-order valence-corrected chi connectivity index (χ2v) is 4.01. The van der Waals surface area contributed by atoms with Gasteiger partial charge in [0.1, 0.15) is 0 Å². The van der Waals surface area contributed by atoms with Gasteiger partial charge in [0.25, 0.3) is 0 Å². The molecule has 0 aromatic carbocycles. The molecule has 94 valence electrons. The van der Waals surface area contributed by atoms with E-state index in [4.69, 9.17) is 4.74 Å². The highest BCUT2D eigenvalue weighted by Crippen LogP contribution is 2.21. The zero-order chi connectivity index (χ0) is 12.3. The molecule has 2 heterocycles. The van der Waals surface area contributed by atoms with E-state index in [1.165, 1.54) is 6.20 Å². The van der Waals surface area contributed by atoms with Gasteiger partial charge >= 0.3 is 0 Å². The lowest BCUT2D eigenvalue weighted by atomic mass is 10.2. The van der Waals surface area contributed by atoms with Crippen LogP contribution in [0.4, 0.5) is 16.2 Å². The minimum absolute atomic E-state index is 0.127. The van der Waals surface area contributed by atoms with Gasteiger partial charge in [-0.2, -0.15) is 4.98 Å². The molecule has 1 atom stereocenters. The highest BCUT2D eigenvalue weighted by molar-refractivity contribution is 5.45. The van der Waals surface area contributed by atoms with Crippen molar-refractivity contribution in [3.63, 3.8) is 0 Å². The van der Waals surface area contributed by atoms with Crippen LogP contribution in [-0.2, 0) is 4.74 Å². The van der Waals surface area contributed by atoms with Gasteiger partial charge in [-0.05, 0) is 13.8 Å². The van der Waals surface area contributed by atoms with E-state index in [0.29, 0.717) is 38.1 Å². The predicted octanol–water partition coefficient (Wildman–Crippen LogP) is 1.27. The summed E-state index contributed by atoms with van der Waals surface area (Å²) in [5, 5.41) is 2.98. The van der Waals surface area contributed by atoms with Gasteiger partial charge < -0.3 is 15.0 Å². The third-order valence-corrected chi connectivity index (χ3v) is 2.70. The molecular formula is C11H17FN4O. The number of nitrogens with zero attached hydrogens (tertiary/aromatic N) is 3. The monoisotopic (exact) mass is 240 g/mol. The molecule has 2 rings (SSSR count). The Kier molecular flexibility index (Phi) is 3.73. The molecule has 0 amide bonds. The lowest BCUT2D eigenvalue weighted by molar-refractivity contribution is 0.0981. The van der Waals surface area contributed by atoms with Crippen LogP contribution < -0.4 is 10.2 Å². The van der Waals surface area contributed by atoms with Crippen LogP contribution in [0.15, 0.2) is 6.20 Å². The summed E-state index contributed by atoms with van der Waals surface area (Å²) in [6.07, 6.45) is 1.21. The van der Waals surface area contributed by atoms with E-state index >= 15 is 0 Å². The summed E-state index contributed by atoms with van der Waals surface area (Å²) in [6, 6.07) is 0.127. The Balaban J connectivity index is 2.25. The highest BCUT2D eigenvalue weighted by Gasteiger charge is 2.23. The Bertz CT molecular complexity index is 388. The molecule has 1 aromatic heterocycles. The molecule has 0 radical (unpaired) electrons. The Morgan fingerprint density at radius 3 is 3.18 bits per heavy atom. The minimum Gasteiger partial charge on any atom is -0.377 e. The number of ether oxygens (including phenoxy) is 1. The molecule has 1 aliphatic rings. The number of rotatable bonds is 3. The third kappa shape index (κ3) is 2.63. The molecule has 1 saturated heterocycles. The zero-order valence-electron chi connectivity index (χ0n) is 10.1. The van der Waals surface area contributed by atoms with Crippen LogP contribution in [0, 0.1) is 5.82 Å². The van der Waals surface area contributed by atoms with Gasteiger partial charge in [-0.25, -0.2) is 9.37 Å². The molecule has 1 aromatic rings. The molecule has 5 nitrogen and oxygen atoms in total. The van der Waals surface area contributed by atoms with E-state index in [1.807, 2.05) is 18.7 Å². The first-order valence-corrected chi connectivity index (χ1v) is 5.83. The lowest BCUT2D eigenvalue weighted by Crippen LogP contribution is -2.44. The maximum absolute atomic E-state index is 13.7. The molecule has 17 heavy (non-hydrogen) atoms. The average molecular weight is 240 g/mol. The fraction of sp³-hybridized carbons (Fsp3) is 0.636. The molecule has 0 bridgehead atoms. The fourth-order valence-corrected chi connectivity index (χ4v) is 1.84. The maximum Gasteiger partial charge on any atom is 0.224 e. The number of hydrogen-bond donors (Lipinski definition) is 1. The van der Waals surface area contributed by atoms with Gasteiger partial charge in [0.2, 0.25) is 5.95 Å². The van der Waals surface area contributed by atoms with Crippen LogP contribution in [0.1, 0.15) is 13.8 Å². The van der Waals surface area contributed by atoms with Crippen LogP contribution in [0.25, 0.3) is 0 Å². The number of aromatic nitrogens is 2. The molecule has 1 aliphatic heterocycles. The summed E-state index contributed by atoms with van der Waals surface area (Å²) in [6.45, 7) is 6.51. The number of nitrogens with one attached hydrogen (secondary N) is 1. The highest BCUT2D eigenvalue weighted by atomic mass is 19.1.